The summed E-state index contributed by atoms with van der Waals surface area (Å²) in [6.07, 6.45) is 3.78. The standard InChI is InChI=1S/C27H26Cl2F2N2O4/c1-35-25-12-18(9-10-23(25)37-27(30)31)24(13-19-20(28)14-32-15-21(19)29)36-26(34)22-8-5-11-33(22)16-17-6-3-2-4-7-17/h2-4,6-7,9-10,12,14-15,22,24,27H,5,8,11,13,16H2,1H3/t22-,24-/m0/s1. The summed E-state index contributed by atoms with van der Waals surface area (Å²) < 4.78 is 41.5. The minimum absolute atomic E-state index is 0.0809. The maximum Gasteiger partial charge on any atom is 0.387 e. The predicted molar refractivity (Wildman–Crippen MR) is 136 cm³/mol. The average molecular weight is 551 g/mol. The highest BCUT2D eigenvalue weighted by Gasteiger charge is 2.34. The number of benzene rings is 2. The van der Waals surface area contributed by atoms with E-state index in [1.165, 1.54) is 31.6 Å². The lowest BCUT2D eigenvalue weighted by Crippen LogP contribution is -2.37. The van der Waals surface area contributed by atoms with E-state index in [9.17, 15) is 13.6 Å². The third-order valence-corrected chi connectivity index (χ3v) is 6.89. The minimum atomic E-state index is -3.01. The number of carbonyl (C=O) groups excluding carboxylic acids is 1. The molecular formula is C27H26Cl2F2N2O4. The molecule has 196 valence electrons. The molecule has 2 heterocycles. The molecule has 0 aliphatic carbocycles. The number of rotatable bonds is 10. The lowest BCUT2D eigenvalue weighted by Gasteiger charge is -2.27. The molecule has 0 radical (unpaired) electrons. The smallest absolute Gasteiger partial charge is 0.387 e. The largest absolute Gasteiger partial charge is 0.493 e. The van der Waals surface area contributed by atoms with Gasteiger partial charge < -0.3 is 14.2 Å². The molecule has 1 aliphatic heterocycles. The third-order valence-electron chi connectivity index (χ3n) is 6.24. The SMILES string of the molecule is COc1cc([C@H](Cc2c(Cl)cncc2Cl)OC(=O)[C@@H]2CCCN2Cc2ccccc2)ccc1OC(F)F. The van der Waals surface area contributed by atoms with Crippen LogP contribution in [-0.2, 0) is 22.5 Å². The first kappa shape index (κ1) is 27.1. The maximum absolute atomic E-state index is 13.5. The van der Waals surface area contributed by atoms with Crippen molar-refractivity contribution in [1.82, 2.24) is 9.88 Å². The van der Waals surface area contributed by atoms with Crippen LogP contribution in [0.25, 0.3) is 0 Å². The van der Waals surface area contributed by atoms with Crippen molar-refractivity contribution >= 4 is 29.2 Å². The number of carbonyl (C=O) groups is 1. The van der Waals surface area contributed by atoms with Gasteiger partial charge in [-0.05, 0) is 48.2 Å². The minimum Gasteiger partial charge on any atom is -0.493 e. The zero-order chi connectivity index (χ0) is 26.4. The van der Waals surface area contributed by atoms with E-state index in [1.54, 1.807) is 6.07 Å². The fraction of sp³-hybridized carbons (Fsp3) is 0.333. The summed E-state index contributed by atoms with van der Waals surface area (Å²) in [4.78, 5) is 19.5. The van der Waals surface area contributed by atoms with Gasteiger partial charge in [0.2, 0.25) is 0 Å². The van der Waals surface area contributed by atoms with Gasteiger partial charge in [-0.1, -0.05) is 59.6 Å². The van der Waals surface area contributed by atoms with Crippen LogP contribution in [-0.4, -0.2) is 42.2 Å². The Kier molecular flexibility index (Phi) is 9.18. The normalized spacial score (nSPS) is 16.5. The van der Waals surface area contributed by atoms with Crippen molar-refractivity contribution < 1.29 is 27.8 Å². The Morgan fingerprint density at radius 2 is 1.84 bits per heavy atom. The Morgan fingerprint density at radius 3 is 2.51 bits per heavy atom. The monoisotopic (exact) mass is 550 g/mol. The lowest BCUT2D eigenvalue weighted by atomic mass is 10.0. The number of halogens is 4. The van der Waals surface area contributed by atoms with Gasteiger partial charge in [-0.3, -0.25) is 14.7 Å². The molecule has 1 saturated heterocycles. The Bertz CT molecular complexity index is 1200. The van der Waals surface area contributed by atoms with Crippen LogP contribution in [0.15, 0.2) is 60.9 Å². The molecule has 0 saturated carbocycles. The van der Waals surface area contributed by atoms with E-state index in [2.05, 4.69) is 14.6 Å². The Labute approximate surface area is 224 Å². The molecule has 1 fully saturated rings. The molecule has 0 amide bonds. The van der Waals surface area contributed by atoms with Crippen molar-refractivity contribution in [2.45, 2.75) is 44.6 Å². The van der Waals surface area contributed by atoms with Crippen LogP contribution < -0.4 is 9.47 Å². The fourth-order valence-electron chi connectivity index (χ4n) is 4.44. The summed E-state index contributed by atoms with van der Waals surface area (Å²) >= 11 is 12.7. The number of methoxy groups -OCH3 is 1. The molecule has 0 N–H and O–H groups in total. The van der Waals surface area contributed by atoms with Crippen LogP contribution in [0.1, 0.15) is 35.6 Å². The Balaban J connectivity index is 1.61. The van der Waals surface area contributed by atoms with Gasteiger partial charge in [0, 0.05) is 25.4 Å². The first-order valence-corrected chi connectivity index (χ1v) is 12.5. The van der Waals surface area contributed by atoms with Gasteiger partial charge in [-0.25, -0.2) is 0 Å². The topological polar surface area (TPSA) is 60.9 Å². The van der Waals surface area contributed by atoms with Gasteiger partial charge in [0.05, 0.1) is 17.2 Å². The van der Waals surface area contributed by atoms with Crippen molar-refractivity contribution in [3.8, 4) is 11.5 Å². The number of nitrogens with zero attached hydrogens (tertiary/aromatic N) is 2. The van der Waals surface area contributed by atoms with Gasteiger partial charge >= 0.3 is 12.6 Å². The number of alkyl halides is 2. The van der Waals surface area contributed by atoms with Crippen LogP contribution in [0, 0.1) is 0 Å². The molecule has 1 aliphatic rings. The molecule has 2 atom stereocenters. The van der Waals surface area contributed by atoms with Crippen molar-refractivity contribution in [3.63, 3.8) is 0 Å². The molecule has 0 spiro atoms. The average Bonchev–Trinajstić information content (AvgIpc) is 3.34. The summed E-state index contributed by atoms with van der Waals surface area (Å²) in [6.45, 7) is -1.61. The maximum atomic E-state index is 13.5. The second kappa shape index (κ2) is 12.5. The van der Waals surface area contributed by atoms with E-state index < -0.39 is 18.8 Å². The van der Waals surface area contributed by atoms with E-state index in [0.717, 1.165) is 18.5 Å². The molecular weight excluding hydrogens is 525 g/mol. The van der Waals surface area contributed by atoms with Gasteiger partial charge in [0.15, 0.2) is 11.5 Å². The number of aromatic nitrogens is 1. The van der Waals surface area contributed by atoms with E-state index in [1.807, 2.05) is 30.3 Å². The molecule has 6 nitrogen and oxygen atoms in total. The Morgan fingerprint density at radius 1 is 1.11 bits per heavy atom. The summed E-state index contributed by atoms with van der Waals surface area (Å²) in [5, 5.41) is 0.648. The van der Waals surface area contributed by atoms with E-state index >= 15 is 0 Å². The van der Waals surface area contributed by atoms with Crippen molar-refractivity contribution in [3.05, 3.63) is 87.7 Å². The number of hydrogen-bond acceptors (Lipinski definition) is 6. The molecule has 37 heavy (non-hydrogen) atoms. The highest BCUT2D eigenvalue weighted by atomic mass is 35.5. The van der Waals surface area contributed by atoms with Crippen molar-refractivity contribution in [2.75, 3.05) is 13.7 Å². The molecule has 3 aromatic rings. The molecule has 4 rings (SSSR count). The quantitative estimate of drug-likeness (QED) is 0.269. The van der Waals surface area contributed by atoms with Crippen LogP contribution >= 0.6 is 23.2 Å². The summed E-state index contributed by atoms with van der Waals surface area (Å²) in [7, 11) is 1.34. The summed E-state index contributed by atoms with van der Waals surface area (Å²) in [5.41, 5.74) is 2.17. The number of ether oxygens (including phenoxy) is 3. The second-order valence-corrected chi connectivity index (χ2v) is 9.43. The molecule has 1 aromatic heterocycles. The van der Waals surface area contributed by atoms with Gasteiger partial charge in [0.25, 0.3) is 0 Å². The highest BCUT2D eigenvalue weighted by Crippen LogP contribution is 2.36. The first-order chi connectivity index (χ1) is 17.9. The van der Waals surface area contributed by atoms with Crippen LogP contribution in [0.3, 0.4) is 0 Å². The third kappa shape index (κ3) is 6.89. The second-order valence-electron chi connectivity index (χ2n) is 8.61. The molecule has 0 bridgehead atoms. The zero-order valence-electron chi connectivity index (χ0n) is 20.1. The van der Waals surface area contributed by atoms with E-state index in [0.29, 0.717) is 34.1 Å². The zero-order valence-corrected chi connectivity index (χ0v) is 21.6. The van der Waals surface area contributed by atoms with E-state index in [4.69, 9.17) is 32.7 Å². The molecule has 2 aromatic carbocycles. The lowest BCUT2D eigenvalue weighted by molar-refractivity contribution is -0.155. The number of likely N-dealkylation sites (tertiary alicyclic amines) is 1. The predicted octanol–water partition coefficient (Wildman–Crippen LogP) is 6.49. The number of pyridine rings is 1. The molecule has 10 heteroatoms. The van der Waals surface area contributed by atoms with Gasteiger partial charge in [-0.2, -0.15) is 8.78 Å². The van der Waals surface area contributed by atoms with Crippen molar-refractivity contribution in [1.29, 1.82) is 0 Å². The summed E-state index contributed by atoms with van der Waals surface area (Å²) in [6, 6.07) is 13.9. The van der Waals surface area contributed by atoms with Crippen LogP contribution in [0.4, 0.5) is 8.78 Å². The number of hydrogen-bond donors (Lipinski definition) is 0. The summed E-state index contributed by atoms with van der Waals surface area (Å²) in [5.74, 6) is -0.430. The fourth-order valence-corrected chi connectivity index (χ4v) is 4.96. The van der Waals surface area contributed by atoms with Gasteiger partial charge in [-0.15, -0.1) is 0 Å². The van der Waals surface area contributed by atoms with Crippen LogP contribution in [0.5, 0.6) is 11.5 Å². The van der Waals surface area contributed by atoms with Crippen molar-refractivity contribution in [2.24, 2.45) is 0 Å². The van der Waals surface area contributed by atoms with E-state index in [-0.39, 0.29) is 23.9 Å². The van der Waals surface area contributed by atoms with Crippen LogP contribution in [0.2, 0.25) is 10.0 Å². The first-order valence-electron chi connectivity index (χ1n) is 11.7. The highest BCUT2D eigenvalue weighted by molar-refractivity contribution is 6.35. The number of esters is 1. The molecule has 0 unspecified atom stereocenters. The Hall–Kier alpha value is -2.94. The van der Waals surface area contributed by atoms with Gasteiger partial charge in [0.1, 0.15) is 12.1 Å².